The summed E-state index contributed by atoms with van der Waals surface area (Å²) in [6, 6.07) is -0.373. The van der Waals surface area contributed by atoms with Gasteiger partial charge in [0.15, 0.2) is 0 Å². The minimum absolute atomic E-state index is 0.0329. The summed E-state index contributed by atoms with van der Waals surface area (Å²) >= 11 is 0. The number of nitrogens with two attached hydrogens (primary N) is 1. The molecular formula is C5H10BNO2. The van der Waals surface area contributed by atoms with Gasteiger partial charge in [0, 0.05) is 12.0 Å². The maximum atomic E-state index is 8.59. The third-order valence-electron chi connectivity index (χ3n) is 1.51. The molecule has 4 heteroatoms. The third-order valence-corrected chi connectivity index (χ3v) is 1.51. The molecule has 0 amide bonds. The molecule has 1 rings (SSSR count). The van der Waals surface area contributed by atoms with Crippen LogP contribution < -0.4 is 5.73 Å². The predicted molar refractivity (Wildman–Crippen MR) is 34.1 cm³/mol. The summed E-state index contributed by atoms with van der Waals surface area (Å²) in [5.74, 6) is 0. The molecule has 50 valence electrons. The van der Waals surface area contributed by atoms with Crippen LogP contribution in [-0.4, -0.2) is 37.7 Å². The van der Waals surface area contributed by atoms with Crippen LogP contribution in [0.25, 0.3) is 0 Å². The van der Waals surface area contributed by atoms with Crippen LogP contribution >= 0.6 is 0 Å². The molecule has 3 N–H and O–H groups in total. The Morgan fingerprint density at radius 2 is 2.44 bits per heavy atom. The van der Waals surface area contributed by atoms with Crippen molar-refractivity contribution in [2.45, 2.75) is 24.6 Å². The highest BCUT2D eigenvalue weighted by Gasteiger charge is 2.28. The number of ether oxygens (including phenoxy) is 1. The van der Waals surface area contributed by atoms with Gasteiger partial charge in [-0.25, -0.2) is 0 Å². The highest BCUT2D eigenvalue weighted by atomic mass is 16.5. The summed E-state index contributed by atoms with van der Waals surface area (Å²) in [7, 11) is 5.38. The zero-order valence-electron chi connectivity index (χ0n) is 5.16. The van der Waals surface area contributed by atoms with Crippen LogP contribution in [-0.2, 0) is 4.74 Å². The van der Waals surface area contributed by atoms with E-state index in [0.717, 1.165) is 0 Å². The standard InChI is InChI=1S/C5H10BNO2/c6-5-1-3(7)4(2-8)9-5/h3-5,8H,1-2,7H2/t3-,4?,5+/m0/s1. The molecule has 0 saturated carbocycles. The second-order valence-corrected chi connectivity index (χ2v) is 2.30. The largest absolute Gasteiger partial charge is 0.394 e. The van der Waals surface area contributed by atoms with E-state index in [4.69, 9.17) is 23.4 Å². The van der Waals surface area contributed by atoms with Gasteiger partial charge in [0.2, 0.25) is 0 Å². The van der Waals surface area contributed by atoms with Crippen LogP contribution in [0.1, 0.15) is 6.42 Å². The lowest BCUT2D eigenvalue weighted by atomic mass is 9.95. The molecule has 1 unspecified atom stereocenters. The Labute approximate surface area is 55.6 Å². The fourth-order valence-corrected chi connectivity index (χ4v) is 0.979. The van der Waals surface area contributed by atoms with Gasteiger partial charge in [-0.2, -0.15) is 0 Å². The third kappa shape index (κ3) is 1.44. The van der Waals surface area contributed by atoms with Crippen LogP contribution in [0.5, 0.6) is 0 Å². The highest BCUT2D eigenvalue weighted by molar-refractivity contribution is 6.11. The molecule has 2 radical (unpaired) electrons. The minimum atomic E-state index is -0.280. The van der Waals surface area contributed by atoms with Crippen molar-refractivity contribution in [1.82, 2.24) is 0 Å². The summed E-state index contributed by atoms with van der Waals surface area (Å²) in [5.41, 5.74) is 5.51. The van der Waals surface area contributed by atoms with E-state index in [1.54, 1.807) is 0 Å². The summed E-state index contributed by atoms with van der Waals surface area (Å²) in [5, 5.41) is 8.59. The lowest BCUT2D eigenvalue weighted by molar-refractivity contribution is 0.0378. The second kappa shape index (κ2) is 2.69. The molecule has 0 aromatic carbocycles. The number of aliphatic hydroxyl groups excluding tert-OH is 1. The first-order valence-corrected chi connectivity index (χ1v) is 3.01. The van der Waals surface area contributed by atoms with E-state index in [1.165, 1.54) is 0 Å². The fourth-order valence-electron chi connectivity index (χ4n) is 0.979. The minimum Gasteiger partial charge on any atom is -0.394 e. The molecule has 0 bridgehead atoms. The van der Waals surface area contributed by atoms with Gasteiger partial charge in [0.1, 0.15) is 7.85 Å². The van der Waals surface area contributed by atoms with E-state index in [9.17, 15) is 0 Å². The molecule has 0 spiro atoms. The molecule has 0 aromatic heterocycles. The van der Waals surface area contributed by atoms with Crippen LogP contribution in [0.15, 0.2) is 0 Å². The van der Waals surface area contributed by atoms with Gasteiger partial charge in [-0.05, 0) is 6.42 Å². The fraction of sp³-hybridized carbons (Fsp3) is 1.00. The first-order chi connectivity index (χ1) is 4.24. The van der Waals surface area contributed by atoms with Gasteiger partial charge >= 0.3 is 0 Å². The van der Waals surface area contributed by atoms with Crippen molar-refractivity contribution in [3.8, 4) is 0 Å². The Morgan fingerprint density at radius 1 is 1.78 bits per heavy atom. The van der Waals surface area contributed by atoms with Crippen molar-refractivity contribution in [3.05, 3.63) is 0 Å². The summed E-state index contributed by atoms with van der Waals surface area (Å²) in [4.78, 5) is 0. The second-order valence-electron chi connectivity index (χ2n) is 2.30. The van der Waals surface area contributed by atoms with Crippen molar-refractivity contribution in [1.29, 1.82) is 0 Å². The molecule has 3 atom stereocenters. The van der Waals surface area contributed by atoms with E-state index < -0.39 is 0 Å². The summed E-state index contributed by atoms with van der Waals surface area (Å²) in [6.07, 6.45) is 0.394. The van der Waals surface area contributed by atoms with Gasteiger partial charge in [0.25, 0.3) is 0 Å². The van der Waals surface area contributed by atoms with E-state index in [0.29, 0.717) is 6.42 Å². The average Bonchev–Trinajstić information content (AvgIpc) is 2.10. The SMILES string of the molecule is [B][C@H]1C[C@H](N)C(CO)O1. The van der Waals surface area contributed by atoms with Crippen LogP contribution in [0.2, 0.25) is 0 Å². The highest BCUT2D eigenvalue weighted by Crippen LogP contribution is 2.15. The first kappa shape index (κ1) is 7.06. The Morgan fingerprint density at radius 3 is 2.67 bits per heavy atom. The maximum Gasteiger partial charge on any atom is 0.109 e. The molecular weight excluding hydrogens is 117 g/mol. The predicted octanol–water partition coefficient (Wildman–Crippen LogP) is -1.41. The van der Waals surface area contributed by atoms with Crippen LogP contribution in [0.3, 0.4) is 0 Å². The normalized spacial score (nSPS) is 43.6. The summed E-state index contributed by atoms with van der Waals surface area (Å²) in [6.45, 7) is -0.0329. The van der Waals surface area contributed by atoms with Gasteiger partial charge in [0.05, 0.1) is 12.7 Å². The van der Waals surface area contributed by atoms with Gasteiger partial charge < -0.3 is 15.6 Å². The van der Waals surface area contributed by atoms with Gasteiger partial charge in [-0.1, -0.05) is 0 Å². The van der Waals surface area contributed by atoms with E-state index in [2.05, 4.69) is 0 Å². The van der Waals surface area contributed by atoms with Crippen LogP contribution in [0, 0.1) is 0 Å². The number of rotatable bonds is 1. The van der Waals surface area contributed by atoms with Crippen molar-refractivity contribution in [2.24, 2.45) is 5.73 Å². The zero-order chi connectivity index (χ0) is 6.85. The van der Waals surface area contributed by atoms with Gasteiger partial charge in [-0.3, -0.25) is 0 Å². The lowest BCUT2D eigenvalue weighted by Gasteiger charge is -2.09. The lowest BCUT2D eigenvalue weighted by Crippen LogP contribution is -2.32. The number of aliphatic hydroxyl groups is 1. The molecule has 9 heavy (non-hydrogen) atoms. The molecule has 1 aliphatic rings. The molecule has 0 aliphatic carbocycles. The van der Waals surface area contributed by atoms with Crippen molar-refractivity contribution >= 4 is 7.85 Å². The molecule has 0 aromatic rings. The quantitative estimate of drug-likeness (QED) is 0.425. The number of hydrogen-bond donors (Lipinski definition) is 2. The van der Waals surface area contributed by atoms with E-state index >= 15 is 0 Å². The molecule has 1 heterocycles. The van der Waals surface area contributed by atoms with E-state index in [1.807, 2.05) is 0 Å². The van der Waals surface area contributed by atoms with Crippen molar-refractivity contribution < 1.29 is 9.84 Å². The van der Waals surface area contributed by atoms with Crippen molar-refractivity contribution in [3.63, 3.8) is 0 Å². The van der Waals surface area contributed by atoms with Crippen molar-refractivity contribution in [2.75, 3.05) is 6.61 Å². The Hall–Kier alpha value is -0.0551. The molecule has 1 saturated heterocycles. The molecule has 1 fully saturated rings. The monoisotopic (exact) mass is 127 g/mol. The smallest absolute Gasteiger partial charge is 0.109 e. The first-order valence-electron chi connectivity index (χ1n) is 3.01. The van der Waals surface area contributed by atoms with Gasteiger partial charge in [-0.15, -0.1) is 0 Å². The zero-order valence-corrected chi connectivity index (χ0v) is 5.16. The molecule has 1 aliphatic heterocycles. The van der Waals surface area contributed by atoms with E-state index in [-0.39, 0.29) is 24.8 Å². The number of hydrogen-bond acceptors (Lipinski definition) is 3. The average molecular weight is 127 g/mol. The summed E-state index contributed by atoms with van der Waals surface area (Å²) < 4.78 is 5.03. The topological polar surface area (TPSA) is 55.5 Å². The Bertz CT molecular complexity index is 101. The Balaban J connectivity index is 2.38. The maximum absolute atomic E-state index is 8.59. The molecule has 3 nitrogen and oxygen atoms in total. The Kier molecular flexibility index (Phi) is 2.11. The van der Waals surface area contributed by atoms with Crippen LogP contribution in [0.4, 0.5) is 0 Å².